The van der Waals surface area contributed by atoms with Crippen LogP contribution in [0, 0.1) is 41.4 Å². The molecular formula is C26H44O. The van der Waals surface area contributed by atoms with E-state index in [-0.39, 0.29) is 0 Å². The normalized spacial score (nSPS) is 37.4. The molecule has 0 atom stereocenters. The highest BCUT2D eigenvalue weighted by Crippen LogP contribution is 2.42. The molecule has 3 rings (SSSR count). The van der Waals surface area contributed by atoms with Crippen LogP contribution in [0.2, 0.25) is 0 Å². The first-order valence-electron chi connectivity index (χ1n) is 12.4. The van der Waals surface area contributed by atoms with Crippen molar-refractivity contribution in [1.82, 2.24) is 0 Å². The van der Waals surface area contributed by atoms with E-state index in [9.17, 15) is 0 Å². The lowest BCUT2D eigenvalue weighted by Crippen LogP contribution is -2.25. The molecule has 0 bridgehead atoms. The van der Waals surface area contributed by atoms with Gasteiger partial charge in [-0.2, -0.15) is 0 Å². The van der Waals surface area contributed by atoms with Crippen molar-refractivity contribution in [2.24, 2.45) is 29.6 Å². The minimum atomic E-state index is 0.514. The van der Waals surface area contributed by atoms with E-state index >= 15 is 0 Å². The first kappa shape index (κ1) is 21.2. The molecule has 154 valence electrons. The van der Waals surface area contributed by atoms with E-state index < -0.39 is 0 Å². The summed E-state index contributed by atoms with van der Waals surface area (Å²) in [6.45, 7) is 5.31. The van der Waals surface area contributed by atoms with Gasteiger partial charge in [-0.1, -0.05) is 50.9 Å². The fraction of sp³-hybridized carbons (Fsp3) is 0.923. The highest BCUT2D eigenvalue weighted by atomic mass is 16.5. The highest BCUT2D eigenvalue weighted by molar-refractivity contribution is 5.09. The Balaban J connectivity index is 1.33. The summed E-state index contributed by atoms with van der Waals surface area (Å²) in [4.78, 5) is 0. The molecule has 0 heterocycles. The van der Waals surface area contributed by atoms with Crippen molar-refractivity contribution in [2.75, 3.05) is 6.61 Å². The molecule has 3 fully saturated rings. The first-order chi connectivity index (χ1) is 13.3. The Morgan fingerprint density at radius 2 is 1.19 bits per heavy atom. The molecule has 0 spiro atoms. The van der Waals surface area contributed by atoms with Gasteiger partial charge in [0.05, 0.1) is 6.10 Å². The molecule has 3 aliphatic rings. The monoisotopic (exact) mass is 372 g/mol. The van der Waals surface area contributed by atoms with E-state index in [1.807, 2.05) is 0 Å². The molecule has 1 nitrogen and oxygen atoms in total. The first-order valence-corrected chi connectivity index (χ1v) is 12.4. The third kappa shape index (κ3) is 6.81. The van der Waals surface area contributed by atoms with Gasteiger partial charge in [0, 0.05) is 18.4 Å². The number of hydrogen-bond donors (Lipinski definition) is 0. The summed E-state index contributed by atoms with van der Waals surface area (Å²) in [5, 5.41) is 0. The third-order valence-corrected chi connectivity index (χ3v) is 7.86. The summed E-state index contributed by atoms with van der Waals surface area (Å²) in [6.07, 6.45) is 21.6. The smallest absolute Gasteiger partial charge is 0.0575 e. The van der Waals surface area contributed by atoms with Crippen molar-refractivity contribution in [3.05, 3.63) is 0 Å². The van der Waals surface area contributed by atoms with E-state index in [0.29, 0.717) is 17.9 Å². The average molecular weight is 373 g/mol. The van der Waals surface area contributed by atoms with Crippen LogP contribution in [0.3, 0.4) is 0 Å². The number of unbranched alkanes of at least 4 members (excludes halogenated alkanes) is 1. The molecule has 27 heavy (non-hydrogen) atoms. The fourth-order valence-corrected chi connectivity index (χ4v) is 6.02. The van der Waals surface area contributed by atoms with Gasteiger partial charge in [-0.15, -0.1) is 0 Å². The largest absolute Gasteiger partial charge is 0.379 e. The van der Waals surface area contributed by atoms with Gasteiger partial charge in [-0.25, -0.2) is 0 Å². The van der Waals surface area contributed by atoms with Crippen LogP contribution in [-0.2, 0) is 4.74 Å². The molecule has 0 aromatic carbocycles. The number of hydrogen-bond acceptors (Lipinski definition) is 1. The van der Waals surface area contributed by atoms with Crippen molar-refractivity contribution in [3.8, 4) is 11.8 Å². The maximum Gasteiger partial charge on any atom is 0.0575 e. The van der Waals surface area contributed by atoms with Gasteiger partial charge in [-0.05, 0) is 88.9 Å². The topological polar surface area (TPSA) is 9.23 Å². The second-order valence-electron chi connectivity index (χ2n) is 9.75. The Bertz CT molecular complexity index is 448. The maximum atomic E-state index is 5.77. The maximum absolute atomic E-state index is 5.77. The van der Waals surface area contributed by atoms with Crippen LogP contribution in [0.4, 0.5) is 0 Å². The summed E-state index contributed by atoms with van der Waals surface area (Å²) in [5.41, 5.74) is 0. The Kier molecular flexibility index (Phi) is 9.05. The van der Waals surface area contributed by atoms with Gasteiger partial charge < -0.3 is 4.74 Å². The van der Waals surface area contributed by atoms with Gasteiger partial charge >= 0.3 is 0 Å². The zero-order chi connectivity index (χ0) is 18.9. The molecule has 0 aromatic heterocycles. The molecule has 0 aromatic rings. The van der Waals surface area contributed by atoms with Crippen molar-refractivity contribution >= 4 is 0 Å². The summed E-state index contributed by atoms with van der Waals surface area (Å²) in [5.74, 6) is 11.8. The summed E-state index contributed by atoms with van der Waals surface area (Å²) in [7, 11) is 0. The molecule has 0 aliphatic heterocycles. The van der Waals surface area contributed by atoms with Crippen LogP contribution < -0.4 is 0 Å². The minimum absolute atomic E-state index is 0.514. The van der Waals surface area contributed by atoms with Crippen LogP contribution in [0.15, 0.2) is 0 Å². The van der Waals surface area contributed by atoms with Crippen LogP contribution in [0.1, 0.15) is 110 Å². The summed E-state index contributed by atoms with van der Waals surface area (Å²) >= 11 is 0. The van der Waals surface area contributed by atoms with Crippen molar-refractivity contribution in [3.63, 3.8) is 0 Å². The van der Waals surface area contributed by atoms with Crippen molar-refractivity contribution in [1.29, 1.82) is 0 Å². The van der Waals surface area contributed by atoms with Crippen LogP contribution in [0.5, 0.6) is 0 Å². The number of ether oxygens (including phenoxy) is 1. The fourth-order valence-electron chi connectivity index (χ4n) is 6.02. The molecular weight excluding hydrogens is 328 g/mol. The lowest BCUT2D eigenvalue weighted by molar-refractivity contribution is 0.0310. The molecule has 3 saturated carbocycles. The molecule has 0 N–H and O–H groups in total. The van der Waals surface area contributed by atoms with E-state index in [4.69, 9.17) is 4.74 Å². The zero-order valence-corrected chi connectivity index (χ0v) is 18.2. The van der Waals surface area contributed by atoms with Gasteiger partial charge in [0.15, 0.2) is 0 Å². The molecule has 0 amide bonds. The predicted octanol–water partition coefficient (Wildman–Crippen LogP) is 7.39. The highest BCUT2D eigenvalue weighted by Gasteiger charge is 2.30. The third-order valence-electron chi connectivity index (χ3n) is 7.86. The minimum Gasteiger partial charge on any atom is -0.379 e. The molecule has 0 unspecified atom stereocenters. The second-order valence-corrected chi connectivity index (χ2v) is 9.75. The average Bonchev–Trinajstić information content (AvgIpc) is 2.73. The summed E-state index contributed by atoms with van der Waals surface area (Å²) < 4.78 is 5.77. The van der Waals surface area contributed by atoms with Crippen molar-refractivity contribution < 1.29 is 4.74 Å². The van der Waals surface area contributed by atoms with Gasteiger partial charge in [0.2, 0.25) is 0 Å². The molecule has 0 radical (unpaired) electrons. The van der Waals surface area contributed by atoms with Crippen molar-refractivity contribution in [2.45, 2.75) is 116 Å². The van der Waals surface area contributed by atoms with Gasteiger partial charge in [0.1, 0.15) is 0 Å². The standard InChI is InChI=1S/C26H44O/c1-3-5-6-21-9-15-24(16-10-21)25-17-11-22(12-18-25)7-8-23-13-19-26(20-14-23)27-4-2/h21-26H,3-6,9-20H2,1-2H3. The van der Waals surface area contributed by atoms with Crippen LogP contribution >= 0.6 is 0 Å². The lowest BCUT2D eigenvalue weighted by Gasteiger charge is -2.37. The van der Waals surface area contributed by atoms with E-state index in [1.54, 1.807) is 0 Å². The Morgan fingerprint density at radius 1 is 0.667 bits per heavy atom. The lowest BCUT2D eigenvalue weighted by atomic mass is 9.68. The van der Waals surface area contributed by atoms with E-state index in [2.05, 4.69) is 25.7 Å². The van der Waals surface area contributed by atoms with E-state index in [0.717, 1.165) is 24.4 Å². The Morgan fingerprint density at radius 3 is 1.70 bits per heavy atom. The Labute approximate surface area is 169 Å². The molecule has 0 saturated heterocycles. The van der Waals surface area contributed by atoms with Crippen LogP contribution in [-0.4, -0.2) is 12.7 Å². The zero-order valence-electron chi connectivity index (χ0n) is 18.2. The second kappa shape index (κ2) is 11.5. The quantitative estimate of drug-likeness (QED) is 0.442. The van der Waals surface area contributed by atoms with Crippen LogP contribution in [0.25, 0.3) is 0 Å². The summed E-state index contributed by atoms with van der Waals surface area (Å²) in [6, 6.07) is 0. The SMILES string of the molecule is CCCCC1CCC(C2CCC(C#CC3CCC(OCC)CC3)CC2)CC1. The molecule has 1 heteroatoms. The number of rotatable bonds is 6. The predicted molar refractivity (Wildman–Crippen MR) is 116 cm³/mol. The van der Waals surface area contributed by atoms with E-state index in [1.165, 1.54) is 96.3 Å². The van der Waals surface area contributed by atoms with Gasteiger partial charge in [-0.3, -0.25) is 0 Å². The molecule has 3 aliphatic carbocycles. The Hall–Kier alpha value is -0.480. The van der Waals surface area contributed by atoms with Gasteiger partial charge in [0.25, 0.3) is 0 Å².